The molecule has 31 heavy (non-hydrogen) atoms. The number of carbonyl (C=O) groups is 1. The van der Waals surface area contributed by atoms with Crippen LogP contribution in [0.5, 0.6) is 5.75 Å². The summed E-state index contributed by atoms with van der Waals surface area (Å²) >= 11 is 0. The van der Waals surface area contributed by atoms with Gasteiger partial charge < -0.3 is 14.0 Å². The fourth-order valence-electron chi connectivity index (χ4n) is 3.48. The van der Waals surface area contributed by atoms with Crippen molar-refractivity contribution in [2.75, 3.05) is 0 Å². The number of fused-ring (bicyclic) bond motifs is 1. The molecule has 1 N–H and O–H groups in total. The van der Waals surface area contributed by atoms with Crippen molar-refractivity contribution in [3.8, 4) is 28.3 Å². The van der Waals surface area contributed by atoms with Gasteiger partial charge in [0.15, 0.2) is 5.76 Å². The average Bonchev–Trinajstić information content (AvgIpc) is 3.50. The summed E-state index contributed by atoms with van der Waals surface area (Å²) in [5, 5.41) is 10.7. The fraction of sp³-hybridized carbons (Fsp3) is 0.174. The maximum atomic E-state index is 13.1. The Morgan fingerprint density at radius 3 is 2.81 bits per heavy atom. The first-order valence-electron chi connectivity index (χ1n) is 9.79. The summed E-state index contributed by atoms with van der Waals surface area (Å²) in [5.41, 5.74) is 3.89. The van der Waals surface area contributed by atoms with E-state index in [2.05, 4.69) is 15.4 Å². The highest BCUT2D eigenvalue weighted by atomic mass is 19.1. The molecule has 0 saturated heterocycles. The molecule has 2 aromatic carbocycles. The van der Waals surface area contributed by atoms with E-state index in [1.54, 1.807) is 24.3 Å². The molecule has 156 valence electrons. The number of halogens is 1. The monoisotopic (exact) mass is 419 g/mol. The van der Waals surface area contributed by atoms with Gasteiger partial charge in [0.1, 0.15) is 35.7 Å². The van der Waals surface area contributed by atoms with Crippen LogP contribution in [-0.4, -0.2) is 27.4 Å². The Hall–Kier alpha value is -3.94. The van der Waals surface area contributed by atoms with Crippen molar-refractivity contribution < 1.29 is 23.2 Å². The Labute approximate surface area is 176 Å². The van der Waals surface area contributed by atoms with Crippen LogP contribution in [0.15, 0.2) is 59.1 Å². The number of esters is 1. The third-order valence-corrected chi connectivity index (χ3v) is 5.04. The normalized spacial score (nSPS) is 14.8. The van der Waals surface area contributed by atoms with Gasteiger partial charge in [-0.15, -0.1) is 0 Å². The molecule has 3 heterocycles. The highest BCUT2D eigenvalue weighted by Gasteiger charge is 2.20. The minimum absolute atomic E-state index is 0.0499. The average molecular weight is 419 g/mol. The SMILES string of the molecule is CC1Cc2ccc(-c3cc(COC(=O)c4cc(-c5ccc(F)cc5)n[nH]4)no3)cc2O1. The number of hydrogen-bond donors (Lipinski definition) is 1. The minimum Gasteiger partial charge on any atom is -0.490 e. The number of aromatic amines is 1. The quantitative estimate of drug-likeness (QED) is 0.477. The number of carbonyl (C=O) groups excluding carboxylic acids is 1. The molecule has 0 bridgehead atoms. The molecular weight excluding hydrogens is 401 g/mol. The Kier molecular flexibility index (Phi) is 4.74. The predicted molar refractivity (Wildman–Crippen MR) is 109 cm³/mol. The molecule has 0 spiro atoms. The Bertz CT molecular complexity index is 1250. The van der Waals surface area contributed by atoms with Crippen LogP contribution in [0.3, 0.4) is 0 Å². The molecule has 1 aliphatic heterocycles. The Balaban J connectivity index is 1.23. The second-order valence-electron chi connectivity index (χ2n) is 7.39. The van der Waals surface area contributed by atoms with Gasteiger partial charge in [0.05, 0.1) is 5.69 Å². The molecule has 4 aromatic rings. The predicted octanol–water partition coefficient (Wildman–Crippen LogP) is 4.55. The fourth-order valence-corrected chi connectivity index (χ4v) is 3.48. The largest absolute Gasteiger partial charge is 0.490 e. The molecule has 0 fully saturated rings. The summed E-state index contributed by atoms with van der Waals surface area (Å²) in [6.07, 6.45) is 1.06. The van der Waals surface area contributed by atoms with E-state index in [0.717, 1.165) is 17.7 Å². The Morgan fingerprint density at radius 1 is 1.16 bits per heavy atom. The Morgan fingerprint density at radius 2 is 1.97 bits per heavy atom. The molecule has 5 rings (SSSR count). The zero-order valence-electron chi connectivity index (χ0n) is 16.6. The van der Waals surface area contributed by atoms with Crippen LogP contribution in [-0.2, 0) is 17.8 Å². The van der Waals surface area contributed by atoms with Gasteiger partial charge in [0.2, 0.25) is 0 Å². The van der Waals surface area contributed by atoms with E-state index in [1.807, 2.05) is 25.1 Å². The third kappa shape index (κ3) is 3.92. The highest BCUT2D eigenvalue weighted by Crippen LogP contribution is 2.33. The summed E-state index contributed by atoms with van der Waals surface area (Å²) in [4.78, 5) is 12.3. The van der Waals surface area contributed by atoms with E-state index in [1.165, 1.54) is 17.7 Å². The molecule has 1 atom stereocenters. The van der Waals surface area contributed by atoms with Gasteiger partial charge in [-0.3, -0.25) is 5.10 Å². The van der Waals surface area contributed by atoms with Crippen molar-refractivity contribution in [2.45, 2.75) is 26.1 Å². The van der Waals surface area contributed by atoms with Gasteiger partial charge in [-0.2, -0.15) is 5.10 Å². The molecule has 7 nitrogen and oxygen atoms in total. The lowest BCUT2D eigenvalue weighted by Crippen LogP contribution is -2.05. The molecule has 0 saturated carbocycles. The minimum atomic E-state index is -0.578. The first-order valence-corrected chi connectivity index (χ1v) is 9.79. The number of aromatic nitrogens is 3. The van der Waals surface area contributed by atoms with Crippen LogP contribution in [0, 0.1) is 5.82 Å². The standard InChI is InChI=1S/C23H18FN3O4/c1-13-8-15-2-3-16(9-21(15)30-13)22-10-18(27-31-22)12-29-23(28)20-11-19(25-26-20)14-4-6-17(24)7-5-14/h2-7,9-11,13H,8,12H2,1H3,(H,25,26). The highest BCUT2D eigenvalue weighted by molar-refractivity contribution is 5.88. The van der Waals surface area contributed by atoms with E-state index in [9.17, 15) is 9.18 Å². The first-order chi connectivity index (χ1) is 15.0. The third-order valence-electron chi connectivity index (χ3n) is 5.04. The molecule has 0 amide bonds. The van der Waals surface area contributed by atoms with Crippen molar-refractivity contribution in [2.24, 2.45) is 0 Å². The van der Waals surface area contributed by atoms with E-state index in [-0.39, 0.29) is 24.2 Å². The number of nitrogens with zero attached hydrogens (tertiary/aromatic N) is 2. The van der Waals surface area contributed by atoms with Gasteiger partial charge in [-0.1, -0.05) is 17.3 Å². The number of nitrogens with one attached hydrogen (secondary N) is 1. The summed E-state index contributed by atoms with van der Waals surface area (Å²) in [5.74, 6) is 0.501. The lowest BCUT2D eigenvalue weighted by atomic mass is 10.1. The molecule has 1 aliphatic rings. The van der Waals surface area contributed by atoms with Crippen LogP contribution in [0.2, 0.25) is 0 Å². The van der Waals surface area contributed by atoms with E-state index >= 15 is 0 Å². The lowest BCUT2D eigenvalue weighted by molar-refractivity contribution is 0.0457. The summed E-state index contributed by atoms with van der Waals surface area (Å²) in [7, 11) is 0. The second-order valence-corrected chi connectivity index (χ2v) is 7.39. The number of hydrogen-bond acceptors (Lipinski definition) is 6. The molecular formula is C23H18FN3O4. The second kappa shape index (κ2) is 7.71. The molecule has 8 heteroatoms. The zero-order valence-corrected chi connectivity index (χ0v) is 16.6. The van der Waals surface area contributed by atoms with Crippen LogP contribution in [0.4, 0.5) is 4.39 Å². The zero-order chi connectivity index (χ0) is 21.4. The summed E-state index contributed by atoms with van der Waals surface area (Å²) in [6.45, 7) is 1.98. The van der Waals surface area contributed by atoms with Gasteiger partial charge in [0.25, 0.3) is 0 Å². The van der Waals surface area contributed by atoms with E-state index in [4.69, 9.17) is 14.0 Å². The van der Waals surface area contributed by atoms with Crippen molar-refractivity contribution in [1.29, 1.82) is 0 Å². The number of benzene rings is 2. The van der Waals surface area contributed by atoms with Crippen molar-refractivity contribution in [1.82, 2.24) is 15.4 Å². The maximum Gasteiger partial charge on any atom is 0.356 e. The van der Waals surface area contributed by atoms with Gasteiger partial charge in [-0.05, 0) is 48.9 Å². The van der Waals surface area contributed by atoms with Gasteiger partial charge >= 0.3 is 5.97 Å². The molecule has 1 unspecified atom stereocenters. The molecule has 0 aliphatic carbocycles. The van der Waals surface area contributed by atoms with Crippen LogP contribution < -0.4 is 4.74 Å². The van der Waals surface area contributed by atoms with Crippen LogP contribution in [0.1, 0.15) is 28.7 Å². The number of ether oxygens (including phenoxy) is 2. The summed E-state index contributed by atoms with van der Waals surface area (Å²) < 4.78 is 29.5. The van der Waals surface area contributed by atoms with E-state index in [0.29, 0.717) is 22.7 Å². The van der Waals surface area contributed by atoms with Crippen molar-refractivity contribution >= 4 is 5.97 Å². The van der Waals surface area contributed by atoms with Crippen molar-refractivity contribution in [3.63, 3.8) is 0 Å². The smallest absolute Gasteiger partial charge is 0.356 e. The van der Waals surface area contributed by atoms with E-state index < -0.39 is 5.97 Å². The summed E-state index contributed by atoms with van der Waals surface area (Å²) in [6, 6.07) is 15.0. The van der Waals surface area contributed by atoms with Gasteiger partial charge in [-0.25, -0.2) is 9.18 Å². The van der Waals surface area contributed by atoms with Crippen LogP contribution >= 0.6 is 0 Å². The van der Waals surface area contributed by atoms with Crippen molar-refractivity contribution in [3.05, 3.63) is 77.4 Å². The molecule has 2 aromatic heterocycles. The first kappa shape index (κ1) is 19.0. The van der Waals surface area contributed by atoms with Gasteiger partial charge in [0, 0.05) is 23.6 Å². The number of rotatable bonds is 5. The topological polar surface area (TPSA) is 90.2 Å². The number of H-pyrrole nitrogens is 1. The maximum absolute atomic E-state index is 13.1. The lowest BCUT2D eigenvalue weighted by Gasteiger charge is -2.03. The molecule has 0 radical (unpaired) electrons. The van der Waals surface area contributed by atoms with Crippen LogP contribution in [0.25, 0.3) is 22.6 Å².